The molecule has 0 spiro atoms. The highest BCUT2D eigenvalue weighted by Gasteiger charge is 2.23. The molecule has 1 aromatic carbocycles. The zero-order valence-electron chi connectivity index (χ0n) is 14.0. The average molecular weight is 306 g/mol. The molecule has 1 rings (SSSR count). The normalized spacial score (nSPS) is 11.7. The van der Waals surface area contributed by atoms with Gasteiger partial charge >= 0.3 is 6.09 Å². The fourth-order valence-electron chi connectivity index (χ4n) is 1.85. The topological polar surface area (TPSA) is 67.4 Å². The Bertz CT molecular complexity index is 504. The van der Waals surface area contributed by atoms with Crippen molar-refractivity contribution in [3.8, 4) is 0 Å². The summed E-state index contributed by atoms with van der Waals surface area (Å²) >= 11 is 0. The van der Waals surface area contributed by atoms with E-state index in [4.69, 9.17) is 4.74 Å². The van der Waals surface area contributed by atoms with Gasteiger partial charge < -0.3 is 15.4 Å². The van der Waals surface area contributed by atoms with Crippen LogP contribution >= 0.6 is 0 Å². The van der Waals surface area contributed by atoms with Crippen LogP contribution < -0.4 is 10.6 Å². The van der Waals surface area contributed by atoms with Crippen LogP contribution in [0, 0.1) is 0 Å². The van der Waals surface area contributed by atoms with Gasteiger partial charge in [0, 0.05) is 6.54 Å². The third kappa shape index (κ3) is 7.67. The van der Waals surface area contributed by atoms with Gasteiger partial charge in [0.05, 0.1) is 12.0 Å². The second kappa shape index (κ2) is 7.29. The molecule has 5 heteroatoms. The van der Waals surface area contributed by atoms with Crippen LogP contribution in [-0.2, 0) is 16.0 Å². The summed E-state index contributed by atoms with van der Waals surface area (Å²) in [7, 11) is 0. The predicted molar refractivity (Wildman–Crippen MR) is 86.6 cm³/mol. The van der Waals surface area contributed by atoms with Crippen molar-refractivity contribution in [1.82, 2.24) is 10.6 Å². The largest absolute Gasteiger partial charge is 0.444 e. The first-order valence-corrected chi connectivity index (χ1v) is 7.39. The van der Waals surface area contributed by atoms with Crippen molar-refractivity contribution in [3.63, 3.8) is 0 Å². The molecule has 0 saturated heterocycles. The lowest BCUT2D eigenvalue weighted by Gasteiger charge is -2.27. The van der Waals surface area contributed by atoms with E-state index in [-0.39, 0.29) is 5.91 Å². The molecule has 122 valence electrons. The first kappa shape index (κ1) is 18.0. The van der Waals surface area contributed by atoms with Crippen molar-refractivity contribution in [2.24, 2.45) is 0 Å². The van der Waals surface area contributed by atoms with E-state index in [0.717, 1.165) is 5.56 Å². The van der Waals surface area contributed by atoms with Gasteiger partial charge in [-0.1, -0.05) is 30.3 Å². The van der Waals surface area contributed by atoms with Crippen molar-refractivity contribution in [2.75, 3.05) is 6.54 Å². The summed E-state index contributed by atoms with van der Waals surface area (Å²) < 4.78 is 5.17. The minimum Gasteiger partial charge on any atom is -0.444 e. The Morgan fingerprint density at radius 1 is 1.05 bits per heavy atom. The Hall–Kier alpha value is -2.04. The van der Waals surface area contributed by atoms with Crippen molar-refractivity contribution in [2.45, 2.75) is 52.2 Å². The monoisotopic (exact) mass is 306 g/mol. The van der Waals surface area contributed by atoms with E-state index in [1.165, 1.54) is 0 Å². The van der Waals surface area contributed by atoms with Gasteiger partial charge in [-0.2, -0.15) is 0 Å². The number of nitrogens with one attached hydrogen (secondary N) is 2. The van der Waals surface area contributed by atoms with Crippen molar-refractivity contribution in [3.05, 3.63) is 35.9 Å². The molecular weight excluding hydrogens is 280 g/mol. The van der Waals surface area contributed by atoms with E-state index in [2.05, 4.69) is 10.6 Å². The summed E-state index contributed by atoms with van der Waals surface area (Å²) in [5, 5.41) is 5.59. The number of hydrogen-bond donors (Lipinski definition) is 2. The second-order valence-electron chi connectivity index (χ2n) is 6.95. The molecular formula is C17H26N2O3. The van der Waals surface area contributed by atoms with E-state index >= 15 is 0 Å². The number of carbonyl (C=O) groups is 2. The molecule has 0 aromatic heterocycles. The molecule has 5 nitrogen and oxygen atoms in total. The predicted octanol–water partition coefficient (Wildman–Crippen LogP) is 2.65. The lowest BCUT2D eigenvalue weighted by molar-refractivity contribution is -0.122. The number of rotatable bonds is 5. The van der Waals surface area contributed by atoms with E-state index < -0.39 is 17.2 Å². The fraction of sp³-hybridized carbons (Fsp3) is 0.529. The highest BCUT2D eigenvalue weighted by molar-refractivity contribution is 5.79. The number of benzene rings is 1. The number of ether oxygens (including phenoxy) is 1. The minimum absolute atomic E-state index is 0.0813. The van der Waals surface area contributed by atoms with Gasteiger partial charge in [-0.15, -0.1) is 0 Å². The summed E-state index contributed by atoms with van der Waals surface area (Å²) in [6.45, 7) is 9.42. The zero-order chi connectivity index (χ0) is 16.8. The molecule has 0 fully saturated rings. The zero-order valence-corrected chi connectivity index (χ0v) is 14.0. The van der Waals surface area contributed by atoms with Crippen LogP contribution in [-0.4, -0.2) is 29.7 Å². The van der Waals surface area contributed by atoms with Crippen molar-refractivity contribution in [1.29, 1.82) is 0 Å². The molecule has 0 saturated carbocycles. The van der Waals surface area contributed by atoms with Gasteiger partial charge in [0.1, 0.15) is 5.60 Å². The molecule has 0 aliphatic heterocycles. The van der Waals surface area contributed by atoms with Crippen LogP contribution in [0.25, 0.3) is 0 Å². The Morgan fingerprint density at radius 3 is 2.18 bits per heavy atom. The van der Waals surface area contributed by atoms with Crippen LogP contribution in [0.15, 0.2) is 30.3 Å². The highest BCUT2D eigenvalue weighted by atomic mass is 16.6. The Kier molecular flexibility index (Phi) is 5.97. The van der Waals surface area contributed by atoms with Crippen molar-refractivity contribution < 1.29 is 14.3 Å². The molecule has 0 radical (unpaired) electrons. The molecule has 0 bridgehead atoms. The molecule has 22 heavy (non-hydrogen) atoms. The third-order valence-electron chi connectivity index (χ3n) is 2.76. The number of hydrogen-bond acceptors (Lipinski definition) is 3. The van der Waals surface area contributed by atoms with Crippen LogP contribution in [0.2, 0.25) is 0 Å². The summed E-state index contributed by atoms with van der Waals surface area (Å²) in [6.07, 6.45) is -0.172. The first-order valence-electron chi connectivity index (χ1n) is 7.39. The molecule has 0 aliphatic carbocycles. The van der Waals surface area contributed by atoms with Crippen LogP contribution in [0.5, 0.6) is 0 Å². The van der Waals surface area contributed by atoms with Gasteiger partial charge in [0.15, 0.2) is 0 Å². The maximum atomic E-state index is 12.0. The van der Waals surface area contributed by atoms with Crippen LogP contribution in [0.3, 0.4) is 0 Å². The first-order chi connectivity index (χ1) is 10.1. The van der Waals surface area contributed by atoms with Gasteiger partial charge in [-0.25, -0.2) is 4.79 Å². The molecule has 2 N–H and O–H groups in total. The minimum atomic E-state index is -0.553. The SMILES string of the molecule is CC(C)(CNC(=O)OC(C)(C)C)NC(=O)Cc1ccccc1. The number of alkyl carbamates (subject to hydrolysis) is 1. The summed E-state index contributed by atoms with van der Waals surface area (Å²) in [5.74, 6) is -0.0813. The van der Waals surface area contributed by atoms with Crippen molar-refractivity contribution >= 4 is 12.0 Å². The Morgan fingerprint density at radius 2 is 1.64 bits per heavy atom. The average Bonchev–Trinajstić information content (AvgIpc) is 2.35. The Labute approximate surface area is 132 Å². The van der Waals surface area contributed by atoms with Gasteiger partial charge in [-0.05, 0) is 40.2 Å². The van der Waals surface area contributed by atoms with Gasteiger partial charge in [0.2, 0.25) is 5.91 Å². The van der Waals surface area contributed by atoms with E-state index in [1.54, 1.807) is 20.8 Å². The number of amides is 2. The smallest absolute Gasteiger partial charge is 0.407 e. The molecule has 1 aromatic rings. The Balaban J connectivity index is 2.43. The lowest BCUT2D eigenvalue weighted by Crippen LogP contribution is -2.52. The maximum Gasteiger partial charge on any atom is 0.407 e. The molecule has 0 atom stereocenters. The molecule has 0 heterocycles. The van der Waals surface area contributed by atoms with Gasteiger partial charge in [-0.3, -0.25) is 4.79 Å². The lowest BCUT2D eigenvalue weighted by atomic mass is 10.0. The quantitative estimate of drug-likeness (QED) is 0.879. The third-order valence-corrected chi connectivity index (χ3v) is 2.76. The number of carbonyl (C=O) groups excluding carboxylic acids is 2. The molecule has 2 amide bonds. The van der Waals surface area contributed by atoms with Crippen LogP contribution in [0.1, 0.15) is 40.2 Å². The van der Waals surface area contributed by atoms with Crippen LogP contribution in [0.4, 0.5) is 4.79 Å². The second-order valence-corrected chi connectivity index (χ2v) is 6.95. The summed E-state index contributed by atoms with van der Waals surface area (Å²) in [4.78, 5) is 23.7. The van der Waals surface area contributed by atoms with E-state index in [0.29, 0.717) is 13.0 Å². The molecule has 0 aliphatic rings. The van der Waals surface area contributed by atoms with Gasteiger partial charge in [0.25, 0.3) is 0 Å². The standard InChI is InChI=1S/C17H26N2O3/c1-16(2,3)22-15(21)18-12-17(4,5)19-14(20)11-13-9-7-6-8-10-13/h6-10H,11-12H2,1-5H3,(H,18,21)(H,19,20). The van der Waals surface area contributed by atoms with E-state index in [1.807, 2.05) is 44.2 Å². The van der Waals surface area contributed by atoms with E-state index in [9.17, 15) is 9.59 Å². The summed E-state index contributed by atoms with van der Waals surface area (Å²) in [6, 6.07) is 9.53. The highest BCUT2D eigenvalue weighted by Crippen LogP contribution is 2.08. The summed E-state index contributed by atoms with van der Waals surface area (Å²) in [5.41, 5.74) is -0.135. The fourth-order valence-corrected chi connectivity index (χ4v) is 1.85. The molecule has 0 unspecified atom stereocenters. The maximum absolute atomic E-state index is 12.0.